The Balaban J connectivity index is 2.36. The largest absolute Gasteiger partial charge is 0.373 e. The van der Waals surface area contributed by atoms with Gasteiger partial charge in [-0.1, -0.05) is 57.4 Å². The van der Waals surface area contributed by atoms with Crippen molar-refractivity contribution in [3.05, 3.63) is 35.4 Å². The van der Waals surface area contributed by atoms with Crippen molar-refractivity contribution in [1.29, 1.82) is 0 Å². The van der Waals surface area contributed by atoms with Crippen LogP contribution >= 0.6 is 0 Å². The third kappa shape index (κ3) is 5.56. The van der Waals surface area contributed by atoms with E-state index in [0.29, 0.717) is 12.5 Å². The van der Waals surface area contributed by atoms with E-state index in [1.165, 1.54) is 19.3 Å². The van der Waals surface area contributed by atoms with Crippen molar-refractivity contribution in [2.45, 2.75) is 46.5 Å². The molecule has 1 rings (SSSR count). The number of unbranched alkanes of at least 4 members (excludes halogenated alkanes) is 1. The summed E-state index contributed by atoms with van der Waals surface area (Å²) in [7, 11) is 0. The first-order valence-electron chi connectivity index (χ1n) is 7.35. The van der Waals surface area contributed by atoms with Crippen LogP contribution in [0.3, 0.4) is 0 Å². The van der Waals surface area contributed by atoms with Gasteiger partial charge >= 0.3 is 0 Å². The number of carbonyl (C=O) groups excluding carboxylic acids is 1. The number of aryl methyl sites for hydroxylation is 1. The van der Waals surface area contributed by atoms with E-state index >= 15 is 0 Å². The molecule has 0 aliphatic carbocycles. The van der Waals surface area contributed by atoms with Crippen LogP contribution in [0, 0.1) is 12.8 Å². The number of Topliss-reactive ketones (excluding diaryl/α,β-unsaturated/α-hetero) is 1. The van der Waals surface area contributed by atoms with Crippen molar-refractivity contribution in [3.8, 4) is 0 Å². The van der Waals surface area contributed by atoms with Crippen LogP contribution in [0.25, 0.3) is 0 Å². The van der Waals surface area contributed by atoms with Crippen LogP contribution in [-0.2, 0) is 4.74 Å². The molecule has 0 spiro atoms. The number of benzene rings is 1. The SMILES string of the molecule is CCCCC(CC)COCC(=O)c1ccccc1C. The second kappa shape index (κ2) is 8.87. The molecule has 1 aromatic carbocycles. The zero-order valence-corrected chi connectivity index (χ0v) is 12.4. The predicted molar refractivity (Wildman–Crippen MR) is 79.6 cm³/mol. The Hall–Kier alpha value is -1.15. The molecule has 0 aliphatic heterocycles. The Kier molecular flexibility index (Phi) is 7.42. The lowest BCUT2D eigenvalue weighted by Crippen LogP contribution is -2.15. The lowest BCUT2D eigenvalue weighted by molar-refractivity contribution is 0.0658. The van der Waals surface area contributed by atoms with Gasteiger partial charge in [0.1, 0.15) is 6.61 Å². The molecule has 1 unspecified atom stereocenters. The number of ketones is 1. The second-order valence-electron chi connectivity index (χ2n) is 5.17. The van der Waals surface area contributed by atoms with Crippen molar-refractivity contribution in [3.63, 3.8) is 0 Å². The maximum absolute atomic E-state index is 12.0. The van der Waals surface area contributed by atoms with E-state index in [1.54, 1.807) is 0 Å². The van der Waals surface area contributed by atoms with E-state index < -0.39 is 0 Å². The van der Waals surface area contributed by atoms with Gasteiger partial charge in [0.2, 0.25) is 0 Å². The molecule has 0 heterocycles. The van der Waals surface area contributed by atoms with Crippen LogP contribution in [0.2, 0.25) is 0 Å². The highest BCUT2D eigenvalue weighted by molar-refractivity contribution is 5.98. The molecular weight excluding hydrogens is 236 g/mol. The van der Waals surface area contributed by atoms with Gasteiger partial charge in [-0.15, -0.1) is 0 Å². The average Bonchev–Trinajstić information content (AvgIpc) is 2.42. The first-order chi connectivity index (χ1) is 9.19. The molecule has 2 nitrogen and oxygen atoms in total. The number of ether oxygens (including phenoxy) is 1. The van der Waals surface area contributed by atoms with Crippen molar-refractivity contribution < 1.29 is 9.53 Å². The second-order valence-corrected chi connectivity index (χ2v) is 5.17. The van der Waals surface area contributed by atoms with Gasteiger partial charge in [0, 0.05) is 12.2 Å². The summed E-state index contributed by atoms with van der Waals surface area (Å²) in [6.07, 6.45) is 4.79. The molecule has 0 N–H and O–H groups in total. The molecule has 0 fully saturated rings. The summed E-state index contributed by atoms with van der Waals surface area (Å²) in [6.45, 7) is 7.26. The topological polar surface area (TPSA) is 26.3 Å². The van der Waals surface area contributed by atoms with Crippen molar-refractivity contribution in [2.24, 2.45) is 5.92 Å². The standard InChI is InChI=1S/C17H26O2/c1-4-6-10-15(5-2)12-19-13-17(18)16-11-8-7-9-14(16)3/h7-9,11,15H,4-6,10,12-13H2,1-3H3. The van der Waals surface area contributed by atoms with Crippen LogP contribution < -0.4 is 0 Å². The molecule has 0 aliphatic rings. The number of rotatable bonds is 9. The fourth-order valence-corrected chi connectivity index (χ4v) is 2.18. The summed E-state index contributed by atoms with van der Waals surface area (Å²) >= 11 is 0. The molecule has 0 saturated heterocycles. The van der Waals surface area contributed by atoms with E-state index in [9.17, 15) is 4.79 Å². The molecule has 1 aromatic rings. The van der Waals surface area contributed by atoms with Gasteiger partial charge in [0.25, 0.3) is 0 Å². The molecule has 2 heteroatoms. The Morgan fingerprint density at radius 3 is 2.63 bits per heavy atom. The summed E-state index contributed by atoms with van der Waals surface area (Å²) in [6, 6.07) is 7.68. The number of hydrogen-bond acceptors (Lipinski definition) is 2. The van der Waals surface area contributed by atoms with Gasteiger partial charge in [0.05, 0.1) is 0 Å². The van der Waals surface area contributed by atoms with Crippen LogP contribution in [0.5, 0.6) is 0 Å². The quantitative estimate of drug-likeness (QED) is 0.616. The predicted octanol–water partition coefficient (Wildman–Crippen LogP) is 4.41. The Bertz CT molecular complexity index is 385. The van der Waals surface area contributed by atoms with Crippen LogP contribution in [-0.4, -0.2) is 19.0 Å². The molecule has 1 atom stereocenters. The fraction of sp³-hybridized carbons (Fsp3) is 0.588. The van der Waals surface area contributed by atoms with Gasteiger partial charge in [-0.05, 0) is 24.8 Å². The van der Waals surface area contributed by atoms with E-state index in [-0.39, 0.29) is 12.4 Å². The molecule has 0 bridgehead atoms. The minimum absolute atomic E-state index is 0.0865. The van der Waals surface area contributed by atoms with E-state index in [0.717, 1.165) is 17.5 Å². The first kappa shape index (κ1) is 15.9. The molecule has 19 heavy (non-hydrogen) atoms. The zero-order valence-electron chi connectivity index (χ0n) is 12.4. The highest BCUT2D eigenvalue weighted by atomic mass is 16.5. The minimum atomic E-state index is 0.0865. The van der Waals surface area contributed by atoms with Crippen LogP contribution in [0.4, 0.5) is 0 Å². The van der Waals surface area contributed by atoms with Crippen molar-refractivity contribution in [2.75, 3.05) is 13.2 Å². The lowest BCUT2D eigenvalue weighted by Gasteiger charge is -2.14. The van der Waals surface area contributed by atoms with Crippen LogP contribution in [0.1, 0.15) is 55.5 Å². The summed E-state index contributed by atoms with van der Waals surface area (Å²) in [5.74, 6) is 0.674. The fourth-order valence-electron chi connectivity index (χ4n) is 2.18. The van der Waals surface area contributed by atoms with Crippen molar-refractivity contribution in [1.82, 2.24) is 0 Å². The normalized spacial score (nSPS) is 12.4. The molecule has 0 radical (unpaired) electrons. The molecule has 106 valence electrons. The Labute approximate surface area is 117 Å². The Morgan fingerprint density at radius 2 is 2.00 bits per heavy atom. The van der Waals surface area contributed by atoms with Gasteiger partial charge in [-0.2, -0.15) is 0 Å². The van der Waals surface area contributed by atoms with Gasteiger partial charge in [-0.3, -0.25) is 4.79 Å². The van der Waals surface area contributed by atoms with Gasteiger partial charge < -0.3 is 4.74 Å². The monoisotopic (exact) mass is 262 g/mol. The smallest absolute Gasteiger partial charge is 0.188 e. The number of hydrogen-bond donors (Lipinski definition) is 0. The maximum atomic E-state index is 12.0. The lowest BCUT2D eigenvalue weighted by atomic mass is 10.0. The van der Waals surface area contributed by atoms with E-state index in [1.807, 2.05) is 31.2 Å². The molecule has 0 amide bonds. The van der Waals surface area contributed by atoms with E-state index in [4.69, 9.17) is 4.74 Å². The first-order valence-corrected chi connectivity index (χ1v) is 7.35. The third-order valence-electron chi connectivity index (χ3n) is 3.58. The highest BCUT2D eigenvalue weighted by Gasteiger charge is 2.10. The highest BCUT2D eigenvalue weighted by Crippen LogP contribution is 2.13. The van der Waals surface area contributed by atoms with Crippen molar-refractivity contribution >= 4 is 5.78 Å². The van der Waals surface area contributed by atoms with Crippen LogP contribution in [0.15, 0.2) is 24.3 Å². The van der Waals surface area contributed by atoms with E-state index in [2.05, 4.69) is 13.8 Å². The maximum Gasteiger partial charge on any atom is 0.188 e. The van der Waals surface area contributed by atoms with Gasteiger partial charge in [-0.25, -0.2) is 0 Å². The zero-order chi connectivity index (χ0) is 14.1. The minimum Gasteiger partial charge on any atom is -0.373 e. The summed E-state index contributed by atoms with van der Waals surface area (Å²) in [5.41, 5.74) is 1.80. The average molecular weight is 262 g/mol. The summed E-state index contributed by atoms with van der Waals surface area (Å²) in [5, 5.41) is 0. The summed E-state index contributed by atoms with van der Waals surface area (Å²) in [4.78, 5) is 12.0. The molecule has 0 saturated carbocycles. The molecule has 0 aromatic heterocycles. The Morgan fingerprint density at radius 1 is 1.26 bits per heavy atom. The molecular formula is C17H26O2. The summed E-state index contributed by atoms with van der Waals surface area (Å²) < 4.78 is 5.61. The third-order valence-corrected chi connectivity index (χ3v) is 3.58. The number of carbonyl (C=O) groups is 1. The van der Waals surface area contributed by atoms with Gasteiger partial charge in [0.15, 0.2) is 5.78 Å².